The summed E-state index contributed by atoms with van der Waals surface area (Å²) in [5.41, 5.74) is 1.46. The number of benzene rings is 1. The predicted octanol–water partition coefficient (Wildman–Crippen LogP) is 1.71. The fraction of sp³-hybridized carbons (Fsp3) is 0.412. The van der Waals surface area contributed by atoms with Gasteiger partial charge in [-0.25, -0.2) is 9.71 Å². The average Bonchev–Trinajstić information content (AvgIpc) is 2.96. The van der Waals surface area contributed by atoms with Crippen molar-refractivity contribution in [3.05, 3.63) is 51.5 Å². The van der Waals surface area contributed by atoms with Crippen LogP contribution in [0.1, 0.15) is 32.4 Å². The smallest absolute Gasteiger partial charge is 0.303 e. The van der Waals surface area contributed by atoms with Crippen molar-refractivity contribution in [1.29, 1.82) is 0 Å². The molecule has 0 fully saturated rings. The van der Waals surface area contributed by atoms with Gasteiger partial charge in [0.25, 0.3) is 5.91 Å². The number of nitrogens with one attached hydrogen (secondary N) is 2. The summed E-state index contributed by atoms with van der Waals surface area (Å²) in [6, 6.07) is 10.3. The van der Waals surface area contributed by atoms with Gasteiger partial charge in [0, 0.05) is 25.5 Å². The molecule has 0 saturated heterocycles. The van der Waals surface area contributed by atoms with Crippen LogP contribution in [0.5, 0.6) is 0 Å². The SMILES string of the molecule is Cc1sc(CNCCCc2ccccc2)nc1C(=O)NS(=O)(=O)N(C)C. The van der Waals surface area contributed by atoms with Crippen LogP contribution in [0.2, 0.25) is 0 Å². The minimum atomic E-state index is -3.82. The number of thiazole rings is 1. The van der Waals surface area contributed by atoms with Gasteiger partial charge in [0.05, 0.1) is 0 Å². The van der Waals surface area contributed by atoms with E-state index in [2.05, 4.69) is 22.4 Å². The van der Waals surface area contributed by atoms with Gasteiger partial charge in [0.15, 0.2) is 0 Å². The molecule has 1 heterocycles. The summed E-state index contributed by atoms with van der Waals surface area (Å²) >= 11 is 1.39. The average molecular weight is 397 g/mol. The molecule has 9 heteroatoms. The van der Waals surface area contributed by atoms with Crippen LogP contribution >= 0.6 is 11.3 Å². The van der Waals surface area contributed by atoms with E-state index < -0.39 is 16.1 Å². The summed E-state index contributed by atoms with van der Waals surface area (Å²) < 4.78 is 26.5. The van der Waals surface area contributed by atoms with Gasteiger partial charge in [-0.15, -0.1) is 11.3 Å². The van der Waals surface area contributed by atoms with Gasteiger partial charge in [-0.3, -0.25) is 4.79 Å². The fourth-order valence-corrected chi connectivity index (χ4v) is 3.66. The Bertz CT molecular complexity index is 833. The highest BCUT2D eigenvalue weighted by Crippen LogP contribution is 2.17. The number of rotatable bonds is 9. The lowest BCUT2D eigenvalue weighted by Crippen LogP contribution is -2.39. The van der Waals surface area contributed by atoms with Crippen molar-refractivity contribution >= 4 is 27.5 Å². The van der Waals surface area contributed by atoms with E-state index in [1.807, 2.05) is 22.9 Å². The maximum Gasteiger partial charge on any atom is 0.303 e. The third-order valence-electron chi connectivity index (χ3n) is 3.70. The molecule has 26 heavy (non-hydrogen) atoms. The molecular weight excluding hydrogens is 372 g/mol. The Morgan fingerprint density at radius 1 is 1.23 bits per heavy atom. The Kier molecular flexibility index (Phi) is 7.27. The second-order valence-corrected chi connectivity index (χ2v) is 9.17. The van der Waals surface area contributed by atoms with Gasteiger partial charge < -0.3 is 5.32 Å². The normalized spacial score (nSPS) is 11.7. The predicted molar refractivity (Wildman–Crippen MR) is 103 cm³/mol. The zero-order chi connectivity index (χ0) is 19.2. The number of aryl methyl sites for hydroxylation is 2. The van der Waals surface area contributed by atoms with E-state index in [9.17, 15) is 13.2 Å². The lowest BCUT2D eigenvalue weighted by molar-refractivity contribution is 0.0975. The zero-order valence-electron chi connectivity index (χ0n) is 15.2. The molecule has 0 bridgehead atoms. The molecule has 0 saturated carbocycles. The van der Waals surface area contributed by atoms with Crippen molar-refractivity contribution in [2.24, 2.45) is 0 Å². The number of hydrogen-bond acceptors (Lipinski definition) is 6. The minimum Gasteiger partial charge on any atom is -0.310 e. The molecule has 7 nitrogen and oxygen atoms in total. The summed E-state index contributed by atoms with van der Waals surface area (Å²) in [6.07, 6.45) is 2.00. The Labute approximate surface area is 158 Å². The molecule has 2 rings (SSSR count). The lowest BCUT2D eigenvalue weighted by Gasteiger charge is -2.11. The molecule has 0 spiro atoms. The van der Waals surface area contributed by atoms with Crippen LogP contribution in [-0.4, -0.2) is 44.3 Å². The van der Waals surface area contributed by atoms with Crippen molar-refractivity contribution in [2.45, 2.75) is 26.3 Å². The largest absolute Gasteiger partial charge is 0.310 e. The first kappa shape index (κ1) is 20.5. The molecule has 1 amide bonds. The summed E-state index contributed by atoms with van der Waals surface area (Å²) in [5.74, 6) is -0.706. The third-order valence-corrected chi connectivity index (χ3v) is 6.07. The first-order valence-corrected chi connectivity index (χ1v) is 10.5. The van der Waals surface area contributed by atoms with Crippen LogP contribution < -0.4 is 10.0 Å². The minimum absolute atomic E-state index is 0.154. The van der Waals surface area contributed by atoms with Crippen molar-refractivity contribution in [2.75, 3.05) is 20.6 Å². The Morgan fingerprint density at radius 3 is 2.58 bits per heavy atom. The van der Waals surface area contributed by atoms with Crippen LogP contribution in [-0.2, 0) is 23.2 Å². The number of aromatic nitrogens is 1. The summed E-state index contributed by atoms with van der Waals surface area (Å²) in [7, 11) is -1.11. The maximum atomic E-state index is 12.1. The number of hydrogen-bond donors (Lipinski definition) is 2. The van der Waals surface area contributed by atoms with Gasteiger partial charge in [0.2, 0.25) is 0 Å². The van der Waals surface area contributed by atoms with Gasteiger partial charge in [-0.05, 0) is 31.9 Å². The van der Waals surface area contributed by atoms with E-state index in [1.54, 1.807) is 6.92 Å². The molecule has 142 valence electrons. The Hall–Kier alpha value is -1.81. The van der Waals surface area contributed by atoms with E-state index in [0.717, 1.165) is 28.7 Å². The first-order chi connectivity index (χ1) is 12.3. The van der Waals surface area contributed by atoms with Crippen molar-refractivity contribution in [3.63, 3.8) is 0 Å². The van der Waals surface area contributed by atoms with E-state index in [1.165, 1.54) is 31.0 Å². The molecule has 1 aromatic heterocycles. The van der Waals surface area contributed by atoms with Gasteiger partial charge in [-0.2, -0.15) is 12.7 Å². The highest BCUT2D eigenvalue weighted by molar-refractivity contribution is 7.87. The topological polar surface area (TPSA) is 91.4 Å². The molecule has 2 N–H and O–H groups in total. The molecule has 0 unspecified atom stereocenters. The lowest BCUT2D eigenvalue weighted by atomic mass is 10.1. The number of carbonyl (C=O) groups excluding carboxylic acids is 1. The maximum absolute atomic E-state index is 12.1. The summed E-state index contributed by atoms with van der Waals surface area (Å²) in [6.45, 7) is 3.14. The van der Waals surface area contributed by atoms with Crippen LogP contribution in [0.4, 0.5) is 0 Å². The molecule has 2 aromatic rings. The number of amides is 1. The van der Waals surface area contributed by atoms with E-state index >= 15 is 0 Å². The zero-order valence-corrected chi connectivity index (χ0v) is 16.8. The first-order valence-electron chi connectivity index (χ1n) is 8.25. The van der Waals surface area contributed by atoms with Crippen LogP contribution in [0.3, 0.4) is 0 Å². The second kappa shape index (κ2) is 9.22. The van der Waals surface area contributed by atoms with E-state index in [4.69, 9.17) is 0 Å². The highest BCUT2D eigenvalue weighted by atomic mass is 32.2. The molecule has 0 atom stereocenters. The summed E-state index contributed by atoms with van der Waals surface area (Å²) in [4.78, 5) is 17.1. The number of carbonyl (C=O) groups is 1. The molecule has 0 aliphatic carbocycles. The molecule has 0 aliphatic rings. The molecule has 0 radical (unpaired) electrons. The molecular formula is C17H24N4O3S2. The quantitative estimate of drug-likeness (QED) is 0.630. The van der Waals surface area contributed by atoms with Gasteiger partial charge >= 0.3 is 10.2 Å². The Balaban J connectivity index is 1.83. The van der Waals surface area contributed by atoms with E-state index in [-0.39, 0.29) is 5.69 Å². The molecule has 1 aromatic carbocycles. The van der Waals surface area contributed by atoms with Gasteiger partial charge in [-0.1, -0.05) is 30.3 Å². The highest BCUT2D eigenvalue weighted by Gasteiger charge is 2.22. The van der Waals surface area contributed by atoms with Crippen molar-refractivity contribution in [1.82, 2.24) is 19.3 Å². The monoisotopic (exact) mass is 396 g/mol. The number of nitrogens with zero attached hydrogens (tertiary/aromatic N) is 2. The summed E-state index contributed by atoms with van der Waals surface area (Å²) in [5, 5.41) is 4.07. The van der Waals surface area contributed by atoms with Crippen molar-refractivity contribution in [3.8, 4) is 0 Å². The standard InChI is InChI=1S/C17H24N4O3S2/c1-13-16(17(22)20-26(23,24)21(2)3)19-15(25-13)12-18-11-7-10-14-8-5-4-6-9-14/h4-6,8-9,18H,7,10-12H2,1-3H3,(H,20,22). The fourth-order valence-electron chi connectivity index (χ4n) is 2.25. The van der Waals surface area contributed by atoms with Crippen LogP contribution in [0.25, 0.3) is 0 Å². The second-order valence-electron chi connectivity index (χ2n) is 6.00. The Morgan fingerprint density at radius 2 is 1.92 bits per heavy atom. The third kappa shape index (κ3) is 5.87. The van der Waals surface area contributed by atoms with Crippen molar-refractivity contribution < 1.29 is 13.2 Å². The molecule has 0 aliphatic heterocycles. The van der Waals surface area contributed by atoms with E-state index in [0.29, 0.717) is 11.4 Å². The van der Waals surface area contributed by atoms with Crippen LogP contribution in [0.15, 0.2) is 30.3 Å². The van der Waals surface area contributed by atoms with Crippen LogP contribution in [0, 0.1) is 6.92 Å². The van der Waals surface area contributed by atoms with Gasteiger partial charge in [0.1, 0.15) is 10.7 Å².